The average Bonchev–Trinajstić information content (AvgIpc) is 2.66. The molecule has 0 radical (unpaired) electrons. The summed E-state index contributed by atoms with van der Waals surface area (Å²) in [5.41, 5.74) is 1.18. The summed E-state index contributed by atoms with van der Waals surface area (Å²) in [4.78, 5) is 24.8. The van der Waals surface area contributed by atoms with Gasteiger partial charge in [0.05, 0.1) is 0 Å². The Bertz CT molecular complexity index is 626. The number of hydrogen-bond acceptors (Lipinski definition) is 4. The van der Waals surface area contributed by atoms with Crippen molar-refractivity contribution in [2.75, 3.05) is 38.6 Å². The number of hydrogen-bond donors (Lipinski definition) is 2. The topological polar surface area (TPSA) is 72.9 Å². The van der Waals surface area contributed by atoms with Crippen molar-refractivity contribution in [1.82, 2.24) is 20.5 Å². The number of halogens is 1. The van der Waals surface area contributed by atoms with Crippen molar-refractivity contribution in [2.45, 2.75) is 52.1 Å². The molecule has 1 saturated heterocycles. The van der Waals surface area contributed by atoms with Gasteiger partial charge in [-0.05, 0) is 44.7 Å². The van der Waals surface area contributed by atoms with Crippen molar-refractivity contribution in [3.05, 3.63) is 23.9 Å². The number of rotatable bonds is 6. The normalized spacial score (nSPS) is 16.2. The summed E-state index contributed by atoms with van der Waals surface area (Å²) >= 11 is 0. The van der Waals surface area contributed by atoms with Gasteiger partial charge in [0.2, 0.25) is 5.91 Å². The zero-order chi connectivity index (χ0) is 19.8. The Kier molecular flexibility index (Phi) is 10.6. The fraction of sp³-hybridized carbons (Fsp3) is 0.650. The van der Waals surface area contributed by atoms with E-state index in [2.05, 4.69) is 58.4 Å². The maximum absolute atomic E-state index is 11.9. The molecule has 1 unspecified atom stereocenters. The first-order valence-corrected chi connectivity index (χ1v) is 9.84. The number of likely N-dealkylation sites (N-methyl/N-ethyl adjacent to an activating group) is 1. The van der Waals surface area contributed by atoms with E-state index >= 15 is 0 Å². The average molecular weight is 502 g/mol. The fourth-order valence-electron chi connectivity index (χ4n) is 2.85. The van der Waals surface area contributed by atoms with E-state index in [1.165, 1.54) is 5.56 Å². The van der Waals surface area contributed by atoms with Gasteiger partial charge in [-0.1, -0.05) is 13.0 Å². The van der Waals surface area contributed by atoms with Crippen LogP contribution in [0.2, 0.25) is 0 Å². The predicted molar refractivity (Wildman–Crippen MR) is 127 cm³/mol. The van der Waals surface area contributed by atoms with Crippen LogP contribution in [0.4, 0.5) is 5.82 Å². The number of amides is 1. The number of aromatic nitrogens is 1. The molecular weight excluding hydrogens is 467 g/mol. The summed E-state index contributed by atoms with van der Waals surface area (Å²) in [6.07, 6.45) is 4.94. The van der Waals surface area contributed by atoms with Crippen molar-refractivity contribution >= 4 is 41.7 Å². The molecule has 1 atom stereocenters. The van der Waals surface area contributed by atoms with Crippen LogP contribution in [0, 0.1) is 6.92 Å². The molecule has 0 aliphatic carbocycles. The standard InChI is InChI=1S/C20H34N6O.HI/c1-6-16(3)23-20(22-14-19(27)25(4)5)24-17-9-11-26(12-10-17)18-8-7-15(2)13-21-18;/h7-8,13,16-17H,6,9-12,14H2,1-5H3,(H2,22,23,24);1H. The van der Waals surface area contributed by atoms with Crippen molar-refractivity contribution in [1.29, 1.82) is 0 Å². The van der Waals surface area contributed by atoms with Crippen molar-refractivity contribution < 1.29 is 4.79 Å². The summed E-state index contributed by atoms with van der Waals surface area (Å²) in [5.74, 6) is 1.77. The Morgan fingerprint density at radius 1 is 1.36 bits per heavy atom. The van der Waals surface area contributed by atoms with Crippen LogP contribution >= 0.6 is 24.0 Å². The quantitative estimate of drug-likeness (QED) is 0.355. The number of nitrogens with zero attached hydrogens (tertiary/aromatic N) is 4. The number of aliphatic imine (C=N–C) groups is 1. The summed E-state index contributed by atoms with van der Waals surface area (Å²) in [6.45, 7) is 8.38. The van der Waals surface area contributed by atoms with Crippen LogP contribution in [0.3, 0.4) is 0 Å². The highest BCUT2D eigenvalue weighted by molar-refractivity contribution is 14.0. The lowest BCUT2D eigenvalue weighted by molar-refractivity contribution is -0.127. The number of carbonyl (C=O) groups is 1. The van der Waals surface area contributed by atoms with Crippen molar-refractivity contribution in [3.8, 4) is 0 Å². The molecule has 0 bridgehead atoms. The molecule has 1 aliphatic heterocycles. The third-order valence-corrected chi connectivity index (χ3v) is 4.92. The maximum atomic E-state index is 11.9. The van der Waals surface area contributed by atoms with Crippen molar-refractivity contribution in [3.63, 3.8) is 0 Å². The summed E-state index contributed by atoms with van der Waals surface area (Å²) in [7, 11) is 3.50. The van der Waals surface area contributed by atoms with Gasteiger partial charge in [-0.25, -0.2) is 9.98 Å². The number of guanidine groups is 1. The Morgan fingerprint density at radius 3 is 2.57 bits per heavy atom. The second-order valence-electron chi connectivity index (χ2n) is 7.51. The fourth-order valence-corrected chi connectivity index (χ4v) is 2.85. The van der Waals surface area contributed by atoms with E-state index in [-0.39, 0.29) is 36.4 Å². The molecule has 1 aromatic heterocycles. The van der Waals surface area contributed by atoms with Crippen LogP contribution in [0.5, 0.6) is 0 Å². The Labute approximate surface area is 186 Å². The Morgan fingerprint density at radius 2 is 2.04 bits per heavy atom. The SMILES string of the molecule is CCC(C)NC(=NCC(=O)N(C)C)NC1CCN(c2ccc(C)cn2)CC1.I. The Hall–Kier alpha value is -1.58. The van der Waals surface area contributed by atoms with Gasteiger partial charge in [0.15, 0.2) is 5.96 Å². The molecule has 28 heavy (non-hydrogen) atoms. The van der Waals surface area contributed by atoms with E-state index in [9.17, 15) is 4.79 Å². The number of anilines is 1. The Balaban J connectivity index is 0.00000392. The third kappa shape index (κ3) is 7.81. The zero-order valence-electron chi connectivity index (χ0n) is 17.7. The van der Waals surface area contributed by atoms with E-state index in [0.29, 0.717) is 12.1 Å². The molecule has 2 heterocycles. The molecule has 0 aromatic carbocycles. The van der Waals surface area contributed by atoms with Gasteiger partial charge in [0.1, 0.15) is 12.4 Å². The van der Waals surface area contributed by atoms with Gasteiger partial charge >= 0.3 is 0 Å². The van der Waals surface area contributed by atoms with Crippen LogP contribution < -0.4 is 15.5 Å². The van der Waals surface area contributed by atoms with E-state index in [0.717, 1.165) is 44.1 Å². The molecule has 1 fully saturated rings. The van der Waals surface area contributed by atoms with Gasteiger partial charge in [-0.2, -0.15) is 0 Å². The third-order valence-electron chi connectivity index (χ3n) is 4.92. The number of carbonyl (C=O) groups excluding carboxylic acids is 1. The lowest BCUT2D eigenvalue weighted by Crippen LogP contribution is -2.50. The van der Waals surface area contributed by atoms with Gasteiger partial charge < -0.3 is 20.4 Å². The minimum absolute atomic E-state index is 0. The molecule has 0 spiro atoms. The van der Waals surface area contributed by atoms with Crippen LogP contribution in [-0.2, 0) is 4.79 Å². The lowest BCUT2D eigenvalue weighted by atomic mass is 10.1. The highest BCUT2D eigenvalue weighted by atomic mass is 127. The first-order chi connectivity index (χ1) is 12.9. The highest BCUT2D eigenvalue weighted by Crippen LogP contribution is 2.18. The van der Waals surface area contributed by atoms with Gasteiger partial charge in [-0.15, -0.1) is 24.0 Å². The minimum atomic E-state index is 0. The first kappa shape index (κ1) is 24.5. The molecule has 2 N–H and O–H groups in total. The van der Waals surface area contributed by atoms with E-state index in [1.807, 2.05) is 6.20 Å². The smallest absolute Gasteiger partial charge is 0.243 e. The largest absolute Gasteiger partial charge is 0.356 e. The van der Waals surface area contributed by atoms with Gasteiger partial charge in [0, 0.05) is 45.5 Å². The summed E-state index contributed by atoms with van der Waals surface area (Å²) in [6, 6.07) is 4.85. The molecule has 1 aromatic rings. The molecule has 8 heteroatoms. The van der Waals surface area contributed by atoms with Crippen LogP contribution in [0.25, 0.3) is 0 Å². The molecule has 1 aliphatic rings. The minimum Gasteiger partial charge on any atom is -0.356 e. The maximum Gasteiger partial charge on any atom is 0.243 e. The molecular formula is C20H35IN6O. The van der Waals surface area contributed by atoms with Crippen LogP contribution in [0.15, 0.2) is 23.3 Å². The zero-order valence-corrected chi connectivity index (χ0v) is 20.1. The van der Waals surface area contributed by atoms with Crippen molar-refractivity contribution in [2.24, 2.45) is 4.99 Å². The molecule has 158 valence electrons. The molecule has 7 nitrogen and oxygen atoms in total. The summed E-state index contributed by atoms with van der Waals surface area (Å²) < 4.78 is 0. The van der Waals surface area contributed by atoms with Crippen LogP contribution in [-0.4, -0.2) is 67.6 Å². The van der Waals surface area contributed by atoms with Crippen LogP contribution in [0.1, 0.15) is 38.7 Å². The van der Waals surface area contributed by atoms with Gasteiger partial charge in [-0.3, -0.25) is 4.79 Å². The number of nitrogens with one attached hydrogen (secondary N) is 2. The van der Waals surface area contributed by atoms with E-state index in [4.69, 9.17) is 0 Å². The second-order valence-corrected chi connectivity index (χ2v) is 7.51. The second kappa shape index (κ2) is 12.1. The highest BCUT2D eigenvalue weighted by Gasteiger charge is 2.21. The van der Waals surface area contributed by atoms with Gasteiger partial charge in [0.25, 0.3) is 0 Å². The monoisotopic (exact) mass is 502 g/mol. The number of aryl methyl sites for hydroxylation is 1. The molecule has 1 amide bonds. The summed E-state index contributed by atoms with van der Waals surface area (Å²) in [5, 5.41) is 6.92. The number of pyridine rings is 1. The van der Waals surface area contributed by atoms with E-state index < -0.39 is 0 Å². The predicted octanol–water partition coefficient (Wildman–Crippen LogP) is 2.40. The lowest BCUT2D eigenvalue weighted by Gasteiger charge is -2.34. The number of piperidine rings is 1. The molecule has 2 rings (SSSR count). The molecule has 0 saturated carbocycles. The van der Waals surface area contributed by atoms with E-state index in [1.54, 1.807) is 19.0 Å². The first-order valence-electron chi connectivity index (χ1n) is 9.84.